The van der Waals surface area contributed by atoms with E-state index in [0.29, 0.717) is 0 Å². The number of hydrogen-bond acceptors (Lipinski definition) is 4. The molecule has 2 heterocycles. The maximum atomic E-state index is 5.82. The fourth-order valence-corrected chi connectivity index (χ4v) is 2.60. The highest BCUT2D eigenvalue weighted by molar-refractivity contribution is 5.58. The van der Waals surface area contributed by atoms with Crippen LogP contribution in [0.3, 0.4) is 0 Å². The molecule has 0 aliphatic rings. The zero-order valence-corrected chi connectivity index (χ0v) is 12.1. The second-order valence-electron chi connectivity index (χ2n) is 4.98. The van der Waals surface area contributed by atoms with Gasteiger partial charge in [-0.25, -0.2) is 9.94 Å². The van der Waals surface area contributed by atoms with Crippen LogP contribution in [0.4, 0.5) is 0 Å². The van der Waals surface area contributed by atoms with E-state index < -0.39 is 0 Å². The predicted molar refractivity (Wildman–Crippen MR) is 82.1 cm³/mol. The molecule has 3 N–H and O–H groups in total. The van der Waals surface area contributed by atoms with E-state index in [-0.39, 0.29) is 6.04 Å². The lowest BCUT2D eigenvalue weighted by Gasteiger charge is -2.19. The standard InChI is InChI=1S/C16H18N4O/c1-11-6-7-15(21-2)12(9-11)16(19-17)13-10-18-20-8-4-3-5-14(13)20/h3-10,16,19H,17H2,1-2H3. The molecule has 1 aromatic carbocycles. The van der Waals surface area contributed by atoms with Gasteiger partial charge in [0.1, 0.15) is 5.75 Å². The number of hydrogen-bond donors (Lipinski definition) is 2. The molecule has 3 aromatic rings. The highest BCUT2D eigenvalue weighted by Crippen LogP contribution is 2.32. The molecule has 0 amide bonds. The van der Waals surface area contributed by atoms with Crippen LogP contribution >= 0.6 is 0 Å². The molecular weight excluding hydrogens is 264 g/mol. The quantitative estimate of drug-likeness (QED) is 0.569. The first-order chi connectivity index (χ1) is 10.2. The zero-order chi connectivity index (χ0) is 14.8. The number of rotatable bonds is 4. The van der Waals surface area contributed by atoms with E-state index in [1.165, 1.54) is 0 Å². The van der Waals surface area contributed by atoms with Crippen molar-refractivity contribution in [2.24, 2.45) is 5.84 Å². The van der Waals surface area contributed by atoms with E-state index in [0.717, 1.165) is 28.0 Å². The number of aromatic nitrogens is 2. The number of methoxy groups -OCH3 is 1. The summed E-state index contributed by atoms with van der Waals surface area (Å²) in [4.78, 5) is 0. The number of fused-ring (bicyclic) bond motifs is 1. The first kappa shape index (κ1) is 13.6. The number of hydrazine groups is 1. The van der Waals surface area contributed by atoms with Crippen molar-refractivity contribution in [3.63, 3.8) is 0 Å². The molecule has 0 aliphatic carbocycles. The van der Waals surface area contributed by atoms with Gasteiger partial charge in [-0.15, -0.1) is 0 Å². The van der Waals surface area contributed by atoms with Gasteiger partial charge in [-0.1, -0.05) is 23.8 Å². The van der Waals surface area contributed by atoms with Crippen LogP contribution in [0.15, 0.2) is 48.8 Å². The fraction of sp³-hybridized carbons (Fsp3) is 0.188. The molecule has 0 saturated heterocycles. The molecule has 21 heavy (non-hydrogen) atoms. The van der Waals surface area contributed by atoms with Crippen LogP contribution in [0.5, 0.6) is 5.75 Å². The topological polar surface area (TPSA) is 64.6 Å². The summed E-state index contributed by atoms with van der Waals surface area (Å²) in [5.41, 5.74) is 7.07. The Balaban J connectivity index is 2.16. The highest BCUT2D eigenvalue weighted by Gasteiger charge is 2.20. The smallest absolute Gasteiger partial charge is 0.124 e. The SMILES string of the molecule is COc1ccc(C)cc1C(NN)c1cnn2ccccc12. The molecule has 5 heteroatoms. The summed E-state index contributed by atoms with van der Waals surface area (Å²) in [6, 6.07) is 11.8. The van der Waals surface area contributed by atoms with Crippen LogP contribution in [-0.2, 0) is 0 Å². The summed E-state index contributed by atoms with van der Waals surface area (Å²) in [6.07, 6.45) is 3.75. The van der Waals surface area contributed by atoms with Crippen molar-refractivity contribution in [2.45, 2.75) is 13.0 Å². The van der Waals surface area contributed by atoms with Gasteiger partial charge in [0.25, 0.3) is 0 Å². The monoisotopic (exact) mass is 282 g/mol. The Morgan fingerprint density at radius 1 is 1.24 bits per heavy atom. The lowest BCUT2D eigenvalue weighted by molar-refractivity contribution is 0.404. The van der Waals surface area contributed by atoms with Gasteiger partial charge in [-0.2, -0.15) is 5.10 Å². The van der Waals surface area contributed by atoms with Crippen LogP contribution in [0.1, 0.15) is 22.7 Å². The first-order valence-corrected chi connectivity index (χ1v) is 6.77. The predicted octanol–water partition coefficient (Wildman–Crippen LogP) is 2.20. The fourth-order valence-electron chi connectivity index (χ4n) is 2.60. The van der Waals surface area contributed by atoms with Gasteiger partial charge in [0, 0.05) is 17.3 Å². The number of aryl methyl sites for hydroxylation is 1. The zero-order valence-electron chi connectivity index (χ0n) is 12.1. The summed E-state index contributed by atoms with van der Waals surface area (Å²) >= 11 is 0. The molecule has 0 bridgehead atoms. The molecule has 2 aromatic heterocycles. The number of nitrogens with zero attached hydrogens (tertiary/aromatic N) is 2. The third kappa shape index (κ3) is 2.37. The average Bonchev–Trinajstić information content (AvgIpc) is 2.93. The first-order valence-electron chi connectivity index (χ1n) is 6.77. The molecule has 0 fully saturated rings. The molecule has 108 valence electrons. The van der Waals surface area contributed by atoms with E-state index in [4.69, 9.17) is 10.6 Å². The number of nitrogens with one attached hydrogen (secondary N) is 1. The molecular formula is C16H18N4O. The second kappa shape index (κ2) is 5.55. The van der Waals surface area contributed by atoms with E-state index in [2.05, 4.69) is 16.6 Å². The van der Waals surface area contributed by atoms with Crippen LogP contribution < -0.4 is 16.0 Å². The van der Waals surface area contributed by atoms with Gasteiger partial charge in [-0.05, 0) is 25.1 Å². The summed E-state index contributed by atoms with van der Waals surface area (Å²) < 4.78 is 7.31. The molecule has 1 unspecified atom stereocenters. The number of ether oxygens (including phenoxy) is 1. The van der Waals surface area contributed by atoms with Crippen molar-refractivity contribution in [1.29, 1.82) is 0 Å². The van der Waals surface area contributed by atoms with Crippen molar-refractivity contribution in [3.05, 3.63) is 65.5 Å². The van der Waals surface area contributed by atoms with Gasteiger partial charge in [0.15, 0.2) is 0 Å². The summed E-state index contributed by atoms with van der Waals surface area (Å²) in [5.74, 6) is 6.62. The van der Waals surface area contributed by atoms with Crippen LogP contribution in [0.25, 0.3) is 5.52 Å². The molecule has 0 aliphatic heterocycles. The third-order valence-corrected chi connectivity index (χ3v) is 3.63. The molecule has 0 saturated carbocycles. The molecule has 0 spiro atoms. The molecule has 3 rings (SSSR count). The molecule has 0 radical (unpaired) electrons. The van der Waals surface area contributed by atoms with Crippen molar-refractivity contribution in [3.8, 4) is 5.75 Å². The van der Waals surface area contributed by atoms with Crippen molar-refractivity contribution < 1.29 is 4.74 Å². The summed E-state index contributed by atoms with van der Waals surface area (Å²) in [7, 11) is 1.66. The Morgan fingerprint density at radius 3 is 2.86 bits per heavy atom. The Hall–Kier alpha value is -2.37. The third-order valence-electron chi connectivity index (χ3n) is 3.63. The Bertz CT molecular complexity index is 766. The van der Waals surface area contributed by atoms with Crippen LogP contribution in [0, 0.1) is 6.92 Å². The summed E-state index contributed by atoms with van der Waals surface area (Å²) in [5, 5.41) is 4.37. The lowest BCUT2D eigenvalue weighted by Crippen LogP contribution is -2.29. The lowest BCUT2D eigenvalue weighted by atomic mass is 9.98. The Kier molecular flexibility index (Phi) is 3.60. The highest BCUT2D eigenvalue weighted by atomic mass is 16.5. The average molecular weight is 282 g/mol. The van der Waals surface area contributed by atoms with E-state index in [1.807, 2.05) is 54.2 Å². The van der Waals surface area contributed by atoms with Gasteiger partial charge in [-0.3, -0.25) is 5.84 Å². The minimum Gasteiger partial charge on any atom is -0.496 e. The normalized spacial score (nSPS) is 12.5. The maximum absolute atomic E-state index is 5.82. The number of nitrogens with two attached hydrogens (primary N) is 1. The van der Waals surface area contributed by atoms with Gasteiger partial charge in [0.2, 0.25) is 0 Å². The van der Waals surface area contributed by atoms with Gasteiger partial charge in [0.05, 0.1) is 24.9 Å². The minimum atomic E-state index is -0.181. The minimum absolute atomic E-state index is 0.181. The Morgan fingerprint density at radius 2 is 2.10 bits per heavy atom. The van der Waals surface area contributed by atoms with Crippen LogP contribution in [-0.4, -0.2) is 16.7 Å². The summed E-state index contributed by atoms with van der Waals surface area (Å²) in [6.45, 7) is 2.05. The van der Waals surface area contributed by atoms with Gasteiger partial charge >= 0.3 is 0 Å². The van der Waals surface area contributed by atoms with Crippen molar-refractivity contribution in [2.75, 3.05) is 7.11 Å². The molecule has 1 atom stereocenters. The van der Waals surface area contributed by atoms with E-state index in [9.17, 15) is 0 Å². The van der Waals surface area contributed by atoms with Crippen LogP contribution in [0.2, 0.25) is 0 Å². The number of pyridine rings is 1. The second-order valence-corrected chi connectivity index (χ2v) is 4.98. The van der Waals surface area contributed by atoms with E-state index in [1.54, 1.807) is 7.11 Å². The maximum Gasteiger partial charge on any atom is 0.124 e. The van der Waals surface area contributed by atoms with Gasteiger partial charge < -0.3 is 4.74 Å². The number of benzene rings is 1. The Labute approximate surface area is 123 Å². The largest absolute Gasteiger partial charge is 0.496 e. The molecule has 5 nitrogen and oxygen atoms in total. The van der Waals surface area contributed by atoms with Crippen molar-refractivity contribution >= 4 is 5.52 Å². The van der Waals surface area contributed by atoms with E-state index >= 15 is 0 Å². The van der Waals surface area contributed by atoms with Crippen molar-refractivity contribution in [1.82, 2.24) is 15.0 Å².